The van der Waals surface area contributed by atoms with Crippen molar-refractivity contribution in [3.8, 4) is 11.5 Å². The molecule has 0 unspecified atom stereocenters. The van der Waals surface area contributed by atoms with Gasteiger partial charge in [0.2, 0.25) is 0 Å². The molecule has 0 atom stereocenters. The van der Waals surface area contributed by atoms with Crippen LogP contribution in [0.15, 0.2) is 72.8 Å². The maximum atomic E-state index is 9.53. The van der Waals surface area contributed by atoms with Crippen molar-refractivity contribution in [1.29, 1.82) is 0 Å². The highest BCUT2D eigenvalue weighted by atomic mass is 16.3. The van der Waals surface area contributed by atoms with Gasteiger partial charge in [0.05, 0.1) is 0 Å². The van der Waals surface area contributed by atoms with Crippen LogP contribution in [0, 0.1) is 6.92 Å². The minimum atomic E-state index is 0.00917. The summed E-state index contributed by atoms with van der Waals surface area (Å²) in [6.07, 6.45) is 0. The van der Waals surface area contributed by atoms with Crippen LogP contribution in [0.4, 0.5) is 0 Å². The van der Waals surface area contributed by atoms with Gasteiger partial charge < -0.3 is 10.2 Å². The number of aromatic hydroxyl groups is 2. The van der Waals surface area contributed by atoms with Gasteiger partial charge in [-0.15, -0.1) is 0 Å². The summed E-state index contributed by atoms with van der Waals surface area (Å²) in [6.45, 7) is 4.13. The summed E-state index contributed by atoms with van der Waals surface area (Å²) in [6, 6.07) is 22.4. The van der Waals surface area contributed by atoms with Crippen LogP contribution in [0.3, 0.4) is 0 Å². The first kappa shape index (κ1) is 14.2. The maximum Gasteiger partial charge on any atom is 0.115 e. The molecule has 0 aliphatic carbocycles. The molecule has 3 rings (SSSR count). The van der Waals surface area contributed by atoms with Crippen molar-refractivity contribution in [2.75, 3.05) is 0 Å². The Morgan fingerprint density at radius 2 is 1.09 bits per heavy atom. The van der Waals surface area contributed by atoms with Crippen LogP contribution < -0.4 is 0 Å². The zero-order valence-electron chi connectivity index (χ0n) is 12.1. The number of benzene rings is 3. The quantitative estimate of drug-likeness (QED) is 0.699. The van der Waals surface area contributed by atoms with E-state index in [4.69, 9.17) is 0 Å². The molecule has 3 aromatic carbocycles. The third-order valence-electron chi connectivity index (χ3n) is 3.82. The summed E-state index contributed by atoms with van der Waals surface area (Å²) in [4.78, 5) is 0. The highest BCUT2D eigenvalue weighted by Gasteiger charge is 2.18. The molecular weight excluding hydrogens is 272 g/mol. The second-order valence-electron chi connectivity index (χ2n) is 5.31. The molecule has 2 N–H and O–H groups in total. The summed E-state index contributed by atoms with van der Waals surface area (Å²) in [5.74, 6) is 0.502. The Bertz CT molecular complexity index is 713. The van der Waals surface area contributed by atoms with E-state index in [0.717, 1.165) is 22.3 Å². The molecular formula is C20H17O2. The van der Waals surface area contributed by atoms with Crippen molar-refractivity contribution >= 4 is 0 Å². The Hall–Kier alpha value is -2.74. The van der Waals surface area contributed by atoms with Crippen LogP contribution in [-0.2, 0) is 0 Å². The van der Waals surface area contributed by atoms with Gasteiger partial charge in [-0.25, -0.2) is 0 Å². The van der Waals surface area contributed by atoms with Crippen LogP contribution in [0.2, 0.25) is 0 Å². The van der Waals surface area contributed by atoms with Gasteiger partial charge in [0.15, 0.2) is 0 Å². The van der Waals surface area contributed by atoms with Crippen molar-refractivity contribution in [2.24, 2.45) is 0 Å². The summed E-state index contributed by atoms with van der Waals surface area (Å²) in [7, 11) is 0. The minimum absolute atomic E-state index is 0.00917. The molecule has 2 heteroatoms. The highest BCUT2D eigenvalue weighted by molar-refractivity contribution is 5.48. The number of hydrogen-bond acceptors (Lipinski definition) is 2. The van der Waals surface area contributed by atoms with Gasteiger partial charge in [-0.05, 0) is 53.4 Å². The molecule has 0 amide bonds. The summed E-state index contributed by atoms with van der Waals surface area (Å²) < 4.78 is 0. The van der Waals surface area contributed by atoms with E-state index < -0.39 is 0 Å². The van der Waals surface area contributed by atoms with Crippen molar-refractivity contribution in [1.82, 2.24) is 0 Å². The van der Waals surface area contributed by atoms with Crippen molar-refractivity contribution in [2.45, 2.75) is 5.92 Å². The molecule has 0 bridgehead atoms. The average molecular weight is 289 g/mol. The van der Waals surface area contributed by atoms with Gasteiger partial charge in [-0.2, -0.15) is 0 Å². The molecule has 109 valence electrons. The van der Waals surface area contributed by atoms with Crippen molar-refractivity contribution in [3.05, 3.63) is 102 Å². The number of phenolic OH excluding ortho intramolecular Hbond substituents is 2. The van der Waals surface area contributed by atoms with E-state index in [1.165, 1.54) is 0 Å². The summed E-state index contributed by atoms with van der Waals surface area (Å²) >= 11 is 0. The first-order chi connectivity index (χ1) is 10.6. The first-order valence-corrected chi connectivity index (χ1v) is 7.14. The molecule has 0 aliphatic heterocycles. The van der Waals surface area contributed by atoms with Gasteiger partial charge in [-0.3, -0.25) is 0 Å². The van der Waals surface area contributed by atoms with Crippen LogP contribution >= 0.6 is 0 Å². The fraction of sp³-hybridized carbons (Fsp3) is 0.0500. The Labute approximate surface area is 130 Å². The second-order valence-corrected chi connectivity index (χ2v) is 5.31. The molecule has 22 heavy (non-hydrogen) atoms. The van der Waals surface area contributed by atoms with E-state index in [0.29, 0.717) is 0 Å². The lowest BCUT2D eigenvalue weighted by molar-refractivity contribution is 0.475. The van der Waals surface area contributed by atoms with E-state index in [1.807, 2.05) is 42.5 Å². The minimum Gasteiger partial charge on any atom is -0.508 e. The molecule has 0 spiro atoms. The lowest BCUT2D eigenvalue weighted by Crippen LogP contribution is -2.05. The van der Waals surface area contributed by atoms with Crippen LogP contribution in [0.5, 0.6) is 11.5 Å². The van der Waals surface area contributed by atoms with Crippen LogP contribution in [0.1, 0.15) is 28.2 Å². The zero-order chi connectivity index (χ0) is 15.5. The largest absolute Gasteiger partial charge is 0.508 e. The Morgan fingerprint density at radius 1 is 0.636 bits per heavy atom. The molecule has 2 nitrogen and oxygen atoms in total. The van der Waals surface area contributed by atoms with Gasteiger partial charge in [0.25, 0.3) is 0 Å². The fourth-order valence-electron chi connectivity index (χ4n) is 2.70. The molecule has 0 saturated heterocycles. The molecule has 3 aromatic rings. The molecule has 0 aliphatic rings. The lowest BCUT2D eigenvalue weighted by atomic mass is 9.83. The van der Waals surface area contributed by atoms with E-state index in [1.54, 1.807) is 24.3 Å². The van der Waals surface area contributed by atoms with Gasteiger partial charge >= 0.3 is 0 Å². The number of hydrogen-bond donors (Lipinski definition) is 2. The lowest BCUT2D eigenvalue weighted by Gasteiger charge is -2.21. The summed E-state index contributed by atoms with van der Waals surface area (Å²) in [5, 5.41) is 19.1. The molecule has 0 fully saturated rings. The fourth-order valence-corrected chi connectivity index (χ4v) is 2.70. The molecule has 0 aromatic heterocycles. The Balaban J connectivity index is 2.16. The van der Waals surface area contributed by atoms with E-state index >= 15 is 0 Å². The Morgan fingerprint density at radius 3 is 1.55 bits per heavy atom. The molecule has 0 heterocycles. The normalized spacial score (nSPS) is 10.8. The highest BCUT2D eigenvalue weighted by Crippen LogP contribution is 2.34. The third kappa shape index (κ3) is 2.82. The third-order valence-corrected chi connectivity index (χ3v) is 3.82. The second kappa shape index (κ2) is 5.94. The maximum absolute atomic E-state index is 9.53. The number of phenols is 2. The van der Waals surface area contributed by atoms with Crippen LogP contribution in [-0.4, -0.2) is 10.2 Å². The smallest absolute Gasteiger partial charge is 0.115 e. The Kier molecular flexibility index (Phi) is 3.84. The zero-order valence-corrected chi connectivity index (χ0v) is 12.1. The summed E-state index contributed by atoms with van der Waals surface area (Å²) in [5.41, 5.74) is 4.21. The molecule has 1 radical (unpaired) electrons. The standard InChI is InChI=1S/C20H17O2/c1-14-4-2-3-5-19(14)20(15-6-10-17(21)11-7-15)16-8-12-18(22)13-9-16/h2-13,20-22H,1H2. The van der Waals surface area contributed by atoms with E-state index in [9.17, 15) is 10.2 Å². The van der Waals surface area contributed by atoms with E-state index in [-0.39, 0.29) is 17.4 Å². The monoisotopic (exact) mass is 289 g/mol. The first-order valence-electron chi connectivity index (χ1n) is 7.14. The number of rotatable bonds is 3. The predicted molar refractivity (Wildman–Crippen MR) is 88.1 cm³/mol. The average Bonchev–Trinajstić information content (AvgIpc) is 2.53. The SMILES string of the molecule is [CH2]c1ccccc1C(c1ccc(O)cc1)c1ccc(O)cc1. The van der Waals surface area contributed by atoms with Gasteiger partial charge in [0, 0.05) is 5.92 Å². The van der Waals surface area contributed by atoms with E-state index in [2.05, 4.69) is 13.0 Å². The van der Waals surface area contributed by atoms with Crippen molar-refractivity contribution in [3.63, 3.8) is 0 Å². The van der Waals surface area contributed by atoms with Gasteiger partial charge in [-0.1, -0.05) is 48.5 Å². The van der Waals surface area contributed by atoms with Gasteiger partial charge in [0.1, 0.15) is 11.5 Å². The topological polar surface area (TPSA) is 40.5 Å². The predicted octanol–water partition coefficient (Wildman–Crippen LogP) is 4.46. The van der Waals surface area contributed by atoms with Crippen LogP contribution in [0.25, 0.3) is 0 Å². The van der Waals surface area contributed by atoms with Crippen molar-refractivity contribution < 1.29 is 10.2 Å². The molecule has 0 saturated carbocycles.